The van der Waals surface area contributed by atoms with Gasteiger partial charge in [-0.05, 0) is 18.1 Å². The number of para-hydroxylation sites is 1. The fraction of sp³-hybridized carbons (Fsp3) is 0.300. The maximum absolute atomic E-state index is 11.9. The molecule has 14 heavy (non-hydrogen) atoms. The van der Waals surface area contributed by atoms with Crippen molar-refractivity contribution in [2.45, 2.75) is 19.5 Å². The number of nitriles is 1. The van der Waals surface area contributed by atoms with Gasteiger partial charge in [0.1, 0.15) is 5.75 Å². The highest BCUT2D eigenvalue weighted by molar-refractivity contribution is 5.33. The Bertz CT molecular complexity index is 333. The number of benzene rings is 1. The normalized spacial score (nSPS) is 9.86. The summed E-state index contributed by atoms with van der Waals surface area (Å²) in [5.74, 6) is 0.151. The van der Waals surface area contributed by atoms with Crippen molar-refractivity contribution in [1.29, 1.82) is 5.26 Å². The van der Waals surface area contributed by atoms with Gasteiger partial charge in [-0.3, -0.25) is 0 Å². The molecule has 0 N–H and O–H groups in total. The first-order valence-electron chi connectivity index (χ1n) is 4.13. The molecule has 2 nitrogen and oxygen atoms in total. The first-order chi connectivity index (χ1) is 6.74. The molecule has 0 saturated heterocycles. The van der Waals surface area contributed by atoms with E-state index in [1.165, 1.54) is 6.07 Å². The highest BCUT2D eigenvalue weighted by Gasteiger charge is 2.08. The van der Waals surface area contributed by atoms with Gasteiger partial charge in [-0.1, -0.05) is 18.2 Å². The van der Waals surface area contributed by atoms with Gasteiger partial charge in [-0.2, -0.15) is 14.0 Å². The second kappa shape index (κ2) is 5.18. The highest BCUT2D eigenvalue weighted by atomic mass is 19.3. The molecule has 0 heterocycles. The molecule has 1 aromatic carbocycles. The number of hydrogen-bond acceptors (Lipinski definition) is 2. The molecule has 74 valence electrons. The molecular formula is C10H9F2NO. The summed E-state index contributed by atoms with van der Waals surface area (Å²) in [5.41, 5.74) is 0.634. The van der Waals surface area contributed by atoms with E-state index < -0.39 is 6.61 Å². The second-order valence-corrected chi connectivity index (χ2v) is 2.64. The molecule has 0 aliphatic carbocycles. The van der Waals surface area contributed by atoms with Crippen LogP contribution in [0.4, 0.5) is 8.78 Å². The van der Waals surface area contributed by atoms with E-state index in [0.717, 1.165) is 0 Å². The molecule has 0 atom stereocenters. The predicted molar refractivity (Wildman–Crippen MR) is 47.0 cm³/mol. The third-order valence-corrected chi connectivity index (χ3v) is 1.69. The van der Waals surface area contributed by atoms with Crippen LogP contribution >= 0.6 is 0 Å². The lowest BCUT2D eigenvalue weighted by Crippen LogP contribution is -2.04. The summed E-state index contributed by atoms with van der Waals surface area (Å²) >= 11 is 0. The molecule has 0 fully saturated rings. The Labute approximate surface area is 80.7 Å². The number of halogens is 2. The van der Waals surface area contributed by atoms with E-state index in [1.807, 2.05) is 6.07 Å². The fourth-order valence-electron chi connectivity index (χ4n) is 1.11. The van der Waals surface area contributed by atoms with Crippen molar-refractivity contribution in [1.82, 2.24) is 0 Å². The molecule has 0 saturated carbocycles. The standard InChI is InChI=1S/C10H9F2NO/c11-10(12)14-9-6-2-1-4-8(9)5-3-7-13/h1-2,4,6,10H,3,5H2. The van der Waals surface area contributed by atoms with Gasteiger partial charge in [0.05, 0.1) is 6.07 Å². The van der Waals surface area contributed by atoms with Gasteiger partial charge in [0, 0.05) is 6.42 Å². The van der Waals surface area contributed by atoms with Crippen molar-refractivity contribution in [3.8, 4) is 11.8 Å². The van der Waals surface area contributed by atoms with Crippen LogP contribution in [-0.4, -0.2) is 6.61 Å². The Hall–Kier alpha value is -1.63. The second-order valence-electron chi connectivity index (χ2n) is 2.64. The van der Waals surface area contributed by atoms with Gasteiger partial charge in [-0.25, -0.2) is 0 Å². The summed E-state index contributed by atoms with van der Waals surface area (Å²) in [5, 5.41) is 8.36. The van der Waals surface area contributed by atoms with Gasteiger partial charge in [0.25, 0.3) is 0 Å². The molecule has 0 aromatic heterocycles. The Morgan fingerprint density at radius 2 is 2.07 bits per heavy atom. The lowest BCUT2D eigenvalue weighted by molar-refractivity contribution is -0.0504. The average Bonchev–Trinajstić information content (AvgIpc) is 2.16. The molecule has 0 bridgehead atoms. The van der Waals surface area contributed by atoms with E-state index >= 15 is 0 Å². The Morgan fingerprint density at radius 3 is 2.71 bits per heavy atom. The topological polar surface area (TPSA) is 33.0 Å². The molecule has 1 aromatic rings. The van der Waals surface area contributed by atoms with Crippen molar-refractivity contribution in [3.63, 3.8) is 0 Å². The third kappa shape index (κ3) is 3.02. The molecule has 0 spiro atoms. The van der Waals surface area contributed by atoms with Gasteiger partial charge >= 0.3 is 6.61 Å². The summed E-state index contributed by atoms with van der Waals surface area (Å²) in [6, 6.07) is 8.45. The van der Waals surface area contributed by atoms with Crippen molar-refractivity contribution in [3.05, 3.63) is 29.8 Å². The first-order valence-corrected chi connectivity index (χ1v) is 4.13. The lowest BCUT2D eigenvalue weighted by Gasteiger charge is -2.08. The van der Waals surface area contributed by atoms with Crippen LogP contribution in [0.3, 0.4) is 0 Å². The molecular weight excluding hydrogens is 188 g/mol. The SMILES string of the molecule is N#CCCc1ccccc1OC(F)F. The zero-order valence-electron chi connectivity index (χ0n) is 7.41. The highest BCUT2D eigenvalue weighted by Crippen LogP contribution is 2.21. The predicted octanol–water partition coefficient (Wildman–Crippen LogP) is 2.74. The Morgan fingerprint density at radius 1 is 1.36 bits per heavy atom. The number of rotatable bonds is 4. The van der Waals surface area contributed by atoms with Crippen molar-refractivity contribution in [2.75, 3.05) is 0 Å². The number of hydrogen-bond donors (Lipinski definition) is 0. The fourth-order valence-corrected chi connectivity index (χ4v) is 1.11. The number of aryl methyl sites for hydroxylation is 1. The van der Waals surface area contributed by atoms with Crippen molar-refractivity contribution >= 4 is 0 Å². The number of ether oxygens (including phenoxy) is 1. The quantitative estimate of drug-likeness (QED) is 0.743. The van der Waals surface area contributed by atoms with E-state index in [9.17, 15) is 8.78 Å². The zero-order chi connectivity index (χ0) is 10.4. The van der Waals surface area contributed by atoms with Crippen LogP contribution in [0.2, 0.25) is 0 Å². The van der Waals surface area contributed by atoms with Crippen LogP contribution in [0.5, 0.6) is 5.75 Å². The summed E-state index contributed by atoms with van der Waals surface area (Å²) < 4.78 is 28.2. The van der Waals surface area contributed by atoms with E-state index in [0.29, 0.717) is 18.4 Å². The first kappa shape index (κ1) is 10.5. The van der Waals surface area contributed by atoms with Crippen LogP contribution in [0, 0.1) is 11.3 Å². The van der Waals surface area contributed by atoms with Gasteiger partial charge in [-0.15, -0.1) is 0 Å². The summed E-state index contributed by atoms with van der Waals surface area (Å²) in [7, 11) is 0. The van der Waals surface area contributed by atoms with Gasteiger partial charge in [0.2, 0.25) is 0 Å². The van der Waals surface area contributed by atoms with Crippen LogP contribution < -0.4 is 4.74 Å². The third-order valence-electron chi connectivity index (χ3n) is 1.69. The minimum Gasteiger partial charge on any atom is -0.435 e. The minimum absolute atomic E-state index is 0.151. The zero-order valence-corrected chi connectivity index (χ0v) is 7.41. The van der Waals surface area contributed by atoms with Gasteiger partial charge < -0.3 is 4.74 Å². The number of nitrogens with zero attached hydrogens (tertiary/aromatic N) is 1. The van der Waals surface area contributed by atoms with Crippen molar-refractivity contribution < 1.29 is 13.5 Å². The van der Waals surface area contributed by atoms with Crippen LogP contribution in [-0.2, 0) is 6.42 Å². The smallest absolute Gasteiger partial charge is 0.387 e. The Balaban J connectivity index is 2.76. The van der Waals surface area contributed by atoms with Crippen molar-refractivity contribution in [2.24, 2.45) is 0 Å². The van der Waals surface area contributed by atoms with Crippen LogP contribution in [0.1, 0.15) is 12.0 Å². The Kier molecular flexibility index (Phi) is 3.86. The largest absolute Gasteiger partial charge is 0.435 e. The maximum atomic E-state index is 11.9. The van der Waals surface area contributed by atoms with E-state index in [2.05, 4.69) is 4.74 Å². The summed E-state index contributed by atoms with van der Waals surface area (Å²) in [6.45, 7) is -2.82. The lowest BCUT2D eigenvalue weighted by atomic mass is 10.1. The molecule has 0 amide bonds. The molecule has 0 unspecified atom stereocenters. The molecule has 4 heteroatoms. The van der Waals surface area contributed by atoms with Crippen LogP contribution in [0.25, 0.3) is 0 Å². The van der Waals surface area contributed by atoms with Crippen LogP contribution in [0.15, 0.2) is 24.3 Å². The van der Waals surface area contributed by atoms with E-state index in [-0.39, 0.29) is 5.75 Å². The van der Waals surface area contributed by atoms with E-state index in [1.54, 1.807) is 18.2 Å². The minimum atomic E-state index is -2.82. The summed E-state index contributed by atoms with van der Waals surface area (Å²) in [4.78, 5) is 0. The molecule has 0 aliphatic rings. The van der Waals surface area contributed by atoms with E-state index in [4.69, 9.17) is 5.26 Å². The monoisotopic (exact) mass is 197 g/mol. The average molecular weight is 197 g/mol. The summed E-state index contributed by atoms with van der Waals surface area (Å²) in [6.07, 6.45) is 0.725. The molecule has 0 radical (unpaired) electrons. The molecule has 0 aliphatic heterocycles. The molecule has 1 rings (SSSR count). The van der Waals surface area contributed by atoms with Gasteiger partial charge in [0.15, 0.2) is 0 Å². The number of alkyl halides is 2. The maximum Gasteiger partial charge on any atom is 0.387 e.